The smallest absolute Gasteiger partial charge is 0.323 e. The summed E-state index contributed by atoms with van der Waals surface area (Å²) >= 11 is 6.22. The van der Waals surface area contributed by atoms with Crippen molar-refractivity contribution in [2.24, 2.45) is 4.99 Å². The molecule has 9 heteroatoms. The number of halogens is 1. The number of hydrogen-bond acceptors (Lipinski definition) is 7. The van der Waals surface area contributed by atoms with Crippen molar-refractivity contribution in [2.45, 2.75) is 6.04 Å². The van der Waals surface area contributed by atoms with Crippen molar-refractivity contribution in [2.75, 3.05) is 51.9 Å². The van der Waals surface area contributed by atoms with E-state index in [-0.39, 0.29) is 6.61 Å². The molecular weight excluding hydrogens is 418 g/mol. The number of carbonyl (C=O) groups is 1. The number of para-hydroxylation sites is 1. The Kier molecular flexibility index (Phi) is 6.72. The van der Waals surface area contributed by atoms with E-state index in [4.69, 9.17) is 26.4 Å². The van der Waals surface area contributed by atoms with Gasteiger partial charge >= 0.3 is 5.97 Å². The van der Waals surface area contributed by atoms with Crippen LogP contribution in [0.5, 0.6) is 0 Å². The zero-order valence-corrected chi connectivity index (χ0v) is 18.1. The predicted octanol–water partition coefficient (Wildman–Crippen LogP) is 2.74. The number of likely N-dealkylation sites (N-methyl/N-ethyl adjacent to an activating group) is 1. The number of aliphatic carboxylic acids is 1. The van der Waals surface area contributed by atoms with Crippen molar-refractivity contribution in [1.82, 2.24) is 15.1 Å². The first kappa shape index (κ1) is 21.6. The van der Waals surface area contributed by atoms with Gasteiger partial charge in [0.15, 0.2) is 0 Å². The SMILES string of the molecule is CNC(COCN1CCN(C2=Nc3cc(Cl)ccc3Nc3ccccc32)CC1)C(=O)O. The molecule has 8 nitrogen and oxygen atoms in total. The van der Waals surface area contributed by atoms with Crippen molar-refractivity contribution in [3.63, 3.8) is 0 Å². The van der Waals surface area contributed by atoms with Gasteiger partial charge in [-0.1, -0.05) is 23.7 Å². The molecule has 31 heavy (non-hydrogen) atoms. The van der Waals surface area contributed by atoms with Gasteiger partial charge in [0.05, 0.1) is 24.7 Å². The molecule has 2 aliphatic rings. The van der Waals surface area contributed by atoms with Crippen molar-refractivity contribution in [3.05, 3.63) is 53.1 Å². The molecule has 0 aliphatic carbocycles. The van der Waals surface area contributed by atoms with Gasteiger partial charge in [0.25, 0.3) is 0 Å². The number of aliphatic imine (C=N–C) groups is 1. The number of carboxylic acid groups (broad SMARTS) is 1. The van der Waals surface area contributed by atoms with Crippen molar-refractivity contribution in [3.8, 4) is 0 Å². The number of anilines is 2. The number of fused-ring (bicyclic) bond motifs is 2. The van der Waals surface area contributed by atoms with Crippen LogP contribution < -0.4 is 10.6 Å². The maximum absolute atomic E-state index is 11.1. The van der Waals surface area contributed by atoms with Gasteiger partial charge in [-0.05, 0) is 37.4 Å². The fourth-order valence-electron chi connectivity index (χ4n) is 3.72. The second kappa shape index (κ2) is 9.65. The minimum absolute atomic E-state index is 0.134. The Morgan fingerprint density at radius 1 is 1.23 bits per heavy atom. The molecule has 4 rings (SSSR count). The second-order valence-corrected chi connectivity index (χ2v) is 7.99. The highest BCUT2D eigenvalue weighted by atomic mass is 35.5. The molecule has 2 aromatic carbocycles. The zero-order chi connectivity index (χ0) is 21.8. The summed E-state index contributed by atoms with van der Waals surface area (Å²) in [4.78, 5) is 20.5. The van der Waals surface area contributed by atoms with Crippen molar-refractivity contribution < 1.29 is 14.6 Å². The lowest BCUT2D eigenvalue weighted by Crippen LogP contribution is -2.50. The third-order valence-electron chi connectivity index (χ3n) is 5.50. The summed E-state index contributed by atoms with van der Waals surface area (Å²) in [7, 11) is 1.62. The number of rotatable bonds is 6. The molecular formula is C22H26ClN5O3. The van der Waals surface area contributed by atoms with Gasteiger partial charge in [-0.2, -0.15) is 0 Å². The lowest BCUT2D eigenvalue weighted by molar-refractivity contribution is -0.141. The van der Waals surface area contributed by atoms with Crippen LogP contribution in [-0.4, -0.2) is 79.3 Å². The number of piperazine rings is 1. The topological polar surface area (TPSA) is 89.4 Å². The molecule has 0 bridgehead atoms. The fourth-order valence-corrected chi connectivity index (χ4v) is 3.88. The number of carboxylic acids is 1. The monoisotopic (exact) mass is 443 g/mol. The summed E-state index contributed by atoms with van der Waals surface area (Å²) in [6.07, 6.45) is 0. The van der Waals surface area contributed by atoms with E-state index in [1.807, 2.05) is 30.3 Å². The van der Waals surface area contributed by atoms with E-state index >= 15 is 0 Å². The van der Waals surface area contributed by atoms with E-state index in [1.54, 1.807) is 7.05 Å². The summed E-state index contributed by atoms with van der Waals surface area (Å²) < 4.78 is 5.61. The summed E-state index contributed by atoms with van der Waals surface area (Å²) in [5, 5.41) is 16.0. The van der Waals surface area contributed by atoms with E-state index < -0.39 is 12.0 Å². The predicted molar refractivity (Wildman–Crippen MR) is 122 cm³/mol. The first-order chi connectivity index (χ1) is 15.0. The van der Waals surface area contributed by atoms with E-state index in [0.717, 1.165) is 54.6 Å². The Morgan fingerprint density at radius 3 is 2.74 bits per heavy atom. The fraction of sp³-hybridized carbons (Fsp3) is 0.364. The van der Waals surface area contributed by atoms with Crippen LogP contribution in [0.15, 0.2) is 47.5 Å². The quantitative estimate of drug-likeness (QED) is 0.632. The first-order valence-corrected chi connectivity index (χ1v) is 10.6. The number of benzene rings is 2. The molecule has 0 aromatic heterocycles. The highest BCUT2D eigenvalue weighted by Gasteiger charge is 2.25. The van der Waals surface area contributed by atoms with Crippen LogP contribution in [0.4, 0.5) is 17.1 Å². The summed E-state index contributed by atoms with van der Waals surface area (Å²) in [5.74, 6) is 0.0113. The highest BCUT2D eigenvalue weighted by molar-refractivity contribution is 6.31. The molecule has 164 valence electrons. The van der Waals surface area contributed by atoms with Crippen LogP contribution in [0.2, 0.25) is 5.02 Å². The molecule has 1 unspecified atom stereocenters. The Balaban J connectivity index is 1.45. The Hall–Kier alpha value is -2.65. The van der Waals surface area contributed by atoms with E-state index in [0.29, 0.717) is 11.8 Å². The molecule has 2 aromatic rings. The maximum Gasteiger partial charge on any atom is 0.323 e. The molecule has 0 saturated carbocycles. The molecule has 1 saturated heterocycles. The number of nitrogens with one attached hydrogen (secondary N) is 2. The van der Waals surface area contributed by atoms with E-state index in [9.17, 15) is 4.79 Å². The van der Waals surface area contributed by atoms with Crippen LogP contribution in [0.1, 0.15) is 5.56 Å². The van der Waals surface area contributed by atoms with Crippen LogP contribution in [0, 0.1) is 0 Å². The van der Waals surface area contributed by atoms with Gasteiger partial charge < -0.3 is 25.4 Å². The maximum atomic E-state index is 11.1. The van der Waals surface area contributed by atoms with Gasteiger partial charge in [-0.3, -0.25) is 9.69 Å². The minimum atomic E-state index is -0.911. The lowest BCUT2D eigenvalue weighted by atomic mass is 10.1. The van der Waals surface area contributed by atoms with Crippen LogP contribution >= 0.6 is 11.6 Å². The average Bonchev–Trinajstić information content (AvgIpc) is 2.93. The molecule has 1 atom stereocenters. The Bertz CT molecular complexity index is 975. The normalized spacial score (nSPS) is 17.1. The second-order valence-electron chi connectivity index (χ2n) is 7.55. The number of hydrogen-bond donors (Lipinski definition) is 3. The standard InChI is InChI=1S/C22H26ClN5O3/c1-24-20(22(29)30)13-31-14-27-8-10-28(11-9-27)21-16-4-2-3-5-17(16)25-18-7-6-15(23)12-19(18)26-21/h2-7,12,20,24-25H,8-11,13-14H2,1H3,(H,29,30). The van der Waals surface area contributed by atoms with Crippen molar-refractivity contribution >= 4 is 40.5 Å². The zero-order valence-electron chi connectivity index (χ0n) is 17.3. The first-order valence-electron chi connectivity index (χ1n) is 10.2. The Morgan fingerprint density at radius 2 is 2.00 bits per heavy atom. The molecule has 2 aliphatic heterocycles. The van der Waals surface area contributed by atoms with Crippen LogP contribution in [0.3, 0.4) is 0 Å². The molecule has 1 fully saturated rings. The van der Waals surface area contributed by atoms with Crippen molar-refractivity contribution in [1.29, 1.82) is 0 Å². The molecule has 0 spiro atoms. The van der Waals surface area contributed by atoms with Gasteiger partial charge in [-0.15, -0.1) is 0 Å². The third kappa shape index (κ3) is 4.99. The van der Waals surface area contributed by atoms with Gasteiger partial charge in [0.1, 0.15) is 11.9 Å². The van der Waals surface area contributed by atoms with E-state index in [2.05, 4.69) is 32.6 Å². The number of ether oxygens (including phenoxy) is 1. The van der Waals surface area contributed by atoms with Gasteiger partial charge in [0, 0.05) is 42.5 Å². The molecule has 3 N–H and O–H groups in total. The highest BCUT2D eigenvalue weighted by Crippen LogP contribution is 2.36. The van der Waals surface area contributed by atoms with Crippen LogP contribution in [-0.2, 0) is 9.53 Å². The van der Waals surface area contributed by atoms with Gasteiger partial charge in [0.2, 0.25) is 0 Å². The molecule has 0 radical (unpaired) electrons. The summed E-state index contributed by atoms with van der Waals surface area (Å²) in [6.45, 7) is 3.72. The molecule has 2 heterocycles. The Labute approximate surface area is 186 Å². The summed E-state index contributed by atoms with van der Waals surface area (Å²) in [6, 6.07) is 13.1. The number of amidine groups is 1. The lowest BCUT2D eigenvalue weighted by Gasteiger charge is -2.36. The minimum Gasteiger partial charge on any atom is -0.480 e. The largest absolute Gasteiger partial charge is 0.480 e. The van der Waals surface area contributed by atoms with Gasteiger partial charge in [-0.25, -0.2) is 4.99 Å². The third-order valence-corrected chi connectivity index (χ3v) is 5.74. The average molecular weight is 444 g/mol. The van der Waals surface area contributed by atoms with Crippen LogP contribution in [0.25, 0.3) is 0 Å². The molecule has 0 amide bonds. The van der Waals surface area contributed by atoms with E-state index in [1.165, 1.54) is 0 Å². The summed E-state index contributed by atoms with van der Waals surface area (Å²) in [5.41, 5.74) is 3.81. The number of nitrogens with zero attached hydrogens (tertiary/aromatic N) is 3.